The van der Waals surface area contributed by atoms with Crippen LogP contribution in [0.3, 0.4) is 0 Å². The lowest BCUT2D eigenvalue weighted by atomic mass is 10.1. The fourth-order valence-corrected chi connectivity index (χ4v) is 2.59. The third kappa shape index (κ3) is 3.81. The fourth-order valence-electron chi connectivity index (χ4n) is 1.99. The number of anilines is 1. The van der Waals surface area contributed by atoms with Crippen LogP contribution in [0.5, 0.6) is 11.5 Å². The number of hydrogen-bond acceptors (Lipinski definition) is 4. The summed E-state index contributed by atoms with van der Waals surface area (Å²) in [5.41, 5.74) is 4.85. The summed E-state index contributed by atoms with van der Waals surface area (Å²) in [6, 6.07) is 7.32. The molecule has 2 rings (SSSR count). The van der Waals surface area contributed by atoms with E-state index in [1.54, 1.807) is 0 Å². The van der Waals surface area contributed by atoms with Crippen molar-refractivity contribution in [3.63, 3.8) is 0 Å². The van der Waals surface area contributed by atoms with Crippen molar-refractivity contribution in [2.75, 3.05) is 12.3 Å². The standard InChI is InChI=1S/C16H13BrF3NO3/c1-2-23-15(22)16(19,20)14-12(17)4-3-5-13(14)24-11-7-9(18)6-10(21)8-11/h3-8H,2,21H2,1H3. The Morgan fingerprint density at radius 3 is 2.62 bits per heavy atom. The van der Waals surface area contributed by atoms with Gasteiger partial charge in [0.15, 0.2) is 0 Å². The highest BCUT2D eigenvalue weighted by molar-refractivity contribution is 9.10. The maximum atomic E-state index is 14.4. The third-order valence-corrected chi connectivity index (χ3v) is 3.60. The van der Waals surface area contributed by atoms with Gasteiger partial charge < -0.3 is 15.2 Å². The predicted octanol–water partition coefficient (Wildman–Crippen LogP) is 4.62. The van der Waals surface area contributed by atoms with E-state index in [-0.39, 0.29) is 28.3 Å². The normalized spacial score (nSPS) is 11.2. The third-order valence-electron chi connectivity index (χ3n) is 2.94. The number of halogens is 4. The molecule has 2 aromatic carbocycles. The first-order valence-corrected chi connectivity index (χ1v) is 7.63. The van der Waals surface area contributed by atoms with Gasteiger partial charge in [0.1, 0.15) is 17.3 Å². The Morgan fingerprint density at radius 1 is 1.29 bits per heavy atom. The Kier molecular flexibility index (Phi) is 5.38. The summed E-state index contributed by atoms with van der Waals surface area (Å²) in [5, 5.41) is 0. The molecule has 0 aliphatic carbocycles. The molecule has 8 heteroatoms. The Bertz CT molecular complexity index is 748. The molecule has 24 heavy (non-hydrogen) atoms. The average Bonchev–Trinajstić information content (AvgIpc) is 2.46. The molecular weight excluding hydrogens is 391 g/mol. The summed E-state index contributed by atoms with van der Waals surface area (Å²) in [5.74, 6) is -6.75. The zero-order valence-electron chi connectivity index (χ0n) is 12.5. The van der Waals surface area contributed by atoms with Crippen molar-refractivity contribution in [3.8, 4) is 11.5 Å². The Hall–Kier alpha value is -2.22. The van der Waals surface area contributed by atoms with E-state index >= 15 is 0 Å². The second-order valence-electron chi connectivity index (χ2n) is 4.73. The van der Waals surface area contributed by atoms with Gasteiger partial charge in [-0.15, -0.1) is 0 Å². The molecule has 0 aliphatic rings. The van der Waals surface area contributed by atoms with Crippen LogP contribution in [-0.4, -0.2) is 12.6 Å². The topological polar surface area (TPSA) is 61.5 Å². The lowest BCUT2D eigenvalue weighted by molar-refractivity contribution is -0.173. The van der Waals surface area contributed by atoms with Crippen LogP contribution < -0.4 is 10.5 Å². The summed E-state index contributed by atoms with van der Waals surface area (Å²) in [6.45, 7) is 1.22. The number of carbonyl (C=O) groups is 1. The van der Waals surface area contributed by atoms with Gasteiger partial charge >= 0.3 is 11.9 Å². The molecule has 0 amide bonds. The molecule has 2 aromatic rings. The zero-order chi connectivity index (χ0) is 17.9. The molecule has 0 atom stereocenters. The molecule has 0 unspecified atom stereocenters. The number of ether oxygens (including phenoxy) is 2. The summed E-state index contributed by atoms with van der Waals surface area (Å²) in [7, 11) is 0. The maximum absolute atomic E-state index is 14.4. The molecule has 0 heterocycles. The molecule has 0 aromatic heterocycles. The highest BCUT2D eigenvalue weighted by Gasteiger charge is 2.46. The van der Waals surface area contributed by atoms with Crippen molar-refractivity contribution < 1.29 is 27.4 Å². The van der Waals surface area contributed by atoms with Crippen LogP contribution in [0.2, 0.25) is 0 Å². The van der Waals surface area contributed by atoms with E-state index in [4.69, 9.17) is 10.5 Å². The van der Waals surface area contributed by atoms with Crippen LogP contribution in [0.15, 0.2) is 40.9 Å². The Balaban J connectivity index is 2.48. The number of carbonyl (C=O) groups excluding carboxylic acids is 1. The number of hydrogen-bond donors (Lipinski definition) is 1. The molecule has 0 saturated heterocycles. The number of nitrogens with two attached hydrogens (primary N) is 1. The monoisotopic (exact) mass is 403 g/mol. The summed E-state index contributed by atoms with van der Waals surface area (Å²) >= 11 is 2.98. The molecule has 128 valence electrons. The second-order valence-corrected chi connectivity index (χ2v) is 5.58. The van der Waals surface area contributed by atoms with Crippen molar-refractivity contribution in [2.24, 2.45) is 0 Å². The van der Waals surface area contributed by atoms with Crippen LogP contribution in [0.1, 0.15) is 12.5 Å². The van der Waals surface area contributed by atoms with Crippen LogP contribution in [0.4, 0.5) is 18.9 Å². The van der Waals surface area contributed by atoms with Gasteiger partial charge in [0.2, 0.25) is 0 Å². The lowest BCUT2D eigenvalue weighted by Crippen LogP contribution is -2.29. The lowest BCUT2D eigenvalue weighted by Gasteiger charge is -2.20. The van der Waals surface area contributed by atoms with Crippen molar-refractivity contribution in [2.45, 2.75) is 12.8 Å². The Labute approximate surface area is 144 Å². The van der Waals surface area contributed by atoms with Crippen molar-refractivity contribution in [3.05, 3.63) is 52.3 Å². The molecule has 0 fully saturated rings. The maximum Gasteiger partial charge on any atom is 0.382 e. The second kappa shape index (κ2) is 7.12. The van der Waals surface area contributed by atoms with Gasteiger partial charge in [-0.05, 0) is 25.1 Å². The summed E-state index contributed by atoms with van der Waals surface area (Å²) in [6.07, 6.45) is 0. The van der Waals surface area contributed by atoms with E-state index in [0.29, 0.717) is 0 Å². The van der Waals surface area contributed by atoms with Gasteiger partial charge in [-0.1, -0.05) is 22.0 Å². The molecule has 0 spiro atoms. The zero-order valence-corrected chi connectivity index (χ0v) is 14.1. The van der Waals surface area contributed by atoms with E-state index in [2.05, 4.69) is 20.7 Å². The Morgan fingerprint density at radius 2 is 2.00 bits per heavy atom. The van der Waals surface area contributed by atoms with E-state index < -0.39 is 23.3 Å². The number of nitrogen functional groups attached to an aromatic ring is 1. The SMILES string of the molecule is CCOC(=O)C(F)(F)c1c(Br)cccc1Oc1cc(N)cc(F)c1. The molecule has 0 radical (unpaired) electrons. The van der Waals surface area contributed by atoms with Gasteiger partial charge in [-0.3, -0.25) is 0 Å². The first kappa shape index (κ1) is 18.1. The minimum atomic E-state index is -3.95. The quantitative estimate of drug-likeness (QED) is 0.584. The van der Waals surface area contributed by atoms with Crippen molar-refractivity contribution in [1.82, 2.24) is 0 Å². The number of rotatable bonds is 5. The van der Waals surface area contributed by atoms with Crippen LogP contribution >= 0.6 is 15.9 Å². The first-order chi connectivity index (χ1) is 11.3. The van der Waals surface area contributed by atoms with Gasteiger partial charge in [0.25, 0.3) is 0 Å². The van der Waals surface area contributed by atoms with E-state index in [1.165, 1.54) is 31.2 Å². The van der Waals surface area contributed by atoms with Crippen LogP contribution in [0, 0.1) is 5.82 Å². The number of benzene rings is 2. The number of esters is 1. The largest absolute Gasteiger partial charge is 0.461 e. The predicted molar refractivity (Wildman–Crippen MR) is 85.6 cm³/mol. The van der Waals surface area contributed by atoms with Gasteiger partial charge in [-0.2, -0.15) is 8.78 Å². The first-order valence-electron chi connectivity index (χ1n) is 6.83. The molecule has 0 bridgehead atoms. The van der Waals surface area contributed by atoms with E-state index in [1.807, 2.05) is 0 Å². The molecule has 0 saturated carbocycles. The smallest absolute Gasteiger partial charge is 0.382 e. The van der Waals surface area contributed by atoms with Gasteiger partial charge in [-0.25, -0.2) is 9.18 Å². The van der Waals surface area contributed by atoms with Gasteiger partial charge in [0, 0.05) is 22.3 Å². The minimum absolute atomic E-state index is 0.0533. The van der Waals surface area contributed by atoms with Gasteiger partial charge in [0.05, 0.1) is 12.2 Å². The fraction of sp³-hybridized carbons (Fsp3) is 0.188. The summed E-state index contributed by atoms with van der Waals surface area (Å²) in [4.78, 5) is 11.6. The molecule has 4 nitrogen and oxygen atoms in total. The summed E-state index contributed by atoms with van der Waals surface area (Å²) < 4.78 is 51.9. The average molecular weight is 404 g/mol. The van der Waals surface area contributed by atoms with Crippen molar-refractivity contribution in [1.29, 1.82) is 0 Å². The number of alkyl halides is 2. The van der Waals surface area contributed by atoms with Crippen LogP contribution in [0.25, 0.3) is 0 Å². The highest BCUT2D eigenvalue weighted by Crippen LogP contribution is 2.42. The van der Waals surface area contributed by atoms with E-state index in [0.717, 1.165) is 12.1 Å². The van der Waals surface area contributed by atoms with Crippen molar-refractivity contribution >= 4 is 27.6 Å². The molecule has 0 aliphatic heterocycles. The minimum Gasteiger partial charge on any atom is -0.461 e. The molecule has 2 N–H and O–H groups in total. The van der Waals surface area contributed by atoms with E-state index in [9.17, 15) is 18.0 Å². The van der Waals surface area contributed by atoms with Crippen LogP contribution in [-0.2, 0) is 15.5 Å². The molecular formula is C16H13BrF3NO3. The highest BCUT2D eigenvalue weighted by atomic mass is 79.9.